The highest BCUT2D eigenvalue weighted by molar-refractivity contribution is 7.99. The van der Waals surface area contributed by atoms with E-state index in [0.29, 0.717) is 24.8 Å². The summed E-state index contributed by atoms with van der Waals surface area (Å²) in [7, 11) is 0. The Bertz CT molecular complexity index is 246. The fourth-order valence-electron chi connectivity index (χ4n) is 1.34. The minimum atomic E-state index is -0.926. The van der Waals surface area contributed by atoms with E-state index >= 15 is 0 Å². The van der Waals surface area contributed by atoms with Crippen molar-refractivity contribution in [2.45, 2.75) is 19.4 Å². The monoisotopic (exact) mass is 233 g/mol. The third-order valence-corrected chi connectivity index (χ3v) is 3.16. The predicted molar refractivity (Wildman–Crippen MR) is 56.7 cm³/mol. The van der Waals surface area contributed by atoms with Crippen molar-refractivity contribution in [1.82, 2.24) is 4.90 Å². The van der Waals surface area contributed by atoms with Crippen LogP contribution in [0.1, 0.15) is 13.3 Å². The van der Waals surface area contributed by atoms with Gasteiger partial charge in [0.25, 0.3) is 0 Å². The summed E-state index contributed by atoms with van der Waals surface area (Å²) in [6.07, 6.45) is 0.262. The highest BCUT2D eigenvalue weighted by atomic mass is 32.2. The van der Waals surface area contributed by atoms with Crippen LogP contribution < -0.4 is 0 Å². The second-order valence-electron chi connectivity index (χ2n) is 3.16. The van der Waals surface area contributed by atoms with Crippen molar-refractivity contribution in [2.75, 3.05) is 24.8 Å². The van der Waals surface area contributed by atoms with Gasteiger partial charge >= 0.3 is 5.97 Å². The van der Waals surface area contributed by atoms with E-state index < -0.39 is 12.0 Å². The molecule has 0 unspecified atom stereocenters. The summed E-state index contributed by atoms with van der Waals surface area (Å²) < 4.78 is 5.06. The molecule has 0 aliphatic carbocycles. The van der Waals surface area contributed by atoms with E-state index in [9.17, 15) is 9.59 Å². The van der Waals surface area contributed by atoms with Crippen molar-refractivity contribution < 1.29 is 19.4 Å². The zero-order valence-electron chi connectivity index (χ0n) is 8.64. The molecule has 1 amide bonds. The molecule has 0 radical (unpaired) electrons. The van der Waals surface area contributed by atoms with Crippen molar-refractivity contribution in [1.29, 1.82) is 0 Å². The third-order valence-electron chi connectivity index (χ3n) is 2.15. The Morgan fingerprint density at radius 3 is 2.93 bits per heavy atom. The Morgan fingerprint density at radius 1 is 1.60 bits per heavy atom. The second kappa shape index (κ2) is 5.97. The number of hydrogen-bond acceptors (Lipinski definition) is 4. The lowest BCUT2D eigenvalue weighted by Gasteiger charge is -2.20. The molecule has 1 heterocycles. The van der Waals surface area contributed by atoms with Crippen LogP contribution >= 0.6 is 11.8 Å². The summed E-state index contributed by atoms with van der Waals surface area (Å²) in [4.78, 5) is 23.8. The summed E-state index contributed by atoms with van der Waals surface area (Å²) in [6, 6.07) is -0.663. The Balaban J connectivity index is 2.40. The quantitative estimate of drug-likeness (QED) is 0.696. The van der Waals surface area contributed by atoms with Gasteiger partial charge in [0.15, 0.2) is 0 Å². The first-order valence-corrected chi connectivity index (χ1v) is 6.00. The van der Waals surface area contributed by atoms with Crippen molar-refractivity contribution in [3.8, 4) is 0 Å². The molecule has 1 aliphatic heterocycles. The number of carbonyl (C=O) groups excluding carboxylic acids is 1. The number of thioether (sulfide) groups is 1. The highest BCUT2D eigenvalue weighted by Gasteiger charge is 2.33. The number of nitrogens with zero attached hydrogens (tertiary/aromatic N) is 1. The van der Waals surface area contributed by atoms with Crippen LogP contribution in [0.3, 0.4) is 0 Å². The molecular formula is C9H15NO4S. The Morgan fingerprint density at radius 2 is 2.33 bits per heavy atom. The van der Waals surface area contributed by atoms with Gasteiger partial charge in [-0.2, -0.15) is 0 Å². The predicted octanol–water partition coefficient (Wildman–Crippen LogP) is 0.399. The van der Waals surface area contributed by atoms with Crippen LogP contribution in [0.15, 0.2) is 0 Å². The summed E-state index contributed by atoms with van der Waals surface area (Å²) in [6.45, 7) is 2.80. The van der Waals surface area contributed by atoms with Gasteiger partial charge in [-0.1, -0.05) is 0 Å². The second-order valence-corrected chi connectivity index (χ2v) is 4.16. The molecule has 0 aromatic rings. The lowest BCUT2D eigenvalue weighted by atomic mass is 10.3. The minimum absolute atomic E-state index is 0.138. The number of carboxylic acid groups (broad SMARTS) is 1. The van der Waals surface area contributed by atoms with E-state index in [-0.39, 0.29) is 12.3 Å². The molecule has 1 fully saturated rings. The lowest BCUT2D eigenvalue weighted by molar-refractivity contribution is -0.148. The molecular weight excluding hydrogens is 218 g/mol. The average Bonchev–Trinajstić information content (AvgIpc) is 2.66. The first kappa shape index (κ1) is 12.3. The van der Waals surface area contributed by atoms with E-state index in [2.05, 4.69) is 0 Å². The number of carbonyl (C=O) groups is 2. The molecule has 1 N–H and O–H groups in total. The molecule has 0 aromatic heterocycles. The van der Waals surface area contributed by atoms with Crippen molar-refractivity contribution in [2.24, 2.45) is 0 Å². The molecule has 0 bridgehead atoms. The van der Waals surface area contributed by atoms with Crippen LogP contribution in [0.2, 0.25) is 0 Å². The number of aliphatic carboxylic acids is 1. The van der Waals surface area contributed by atoms with Crippen LogP contribution in [0.4, 0.5) is 0 Å². The molecule has 1 aliphatic rings. The molecule has 0 aromatic carbocycles. The van der Waals surface area contributed by atoms with Crippen LogP contribution in [-0.2, 0) is 14.3 Å². The SMILES string of the molecule is CCOCCC(=O)N1CSC[C@H]1C(=O)O. The van der Waals surface area contributed by atoms with Crippen LogP contribution in [0.5, 0.6) is 0 Å². The number of carboxylic acids is 1. The van der Waals surface area contributed by atoms with E-state index in [1.54, 1.807) is 0 Å². The molecule has 1 atom stereocenters. The first-order chi connectivity index (χ1) is 7.16. The van der Waals surface area contributed by atoms with E-state index in [1.165, 1.54) is 16.7 Å². The fraction of sp³-hybridized carbons (Fsp3) is 0.778. The van der Waals surface area contributed by atoms with Gasteiger partial charge in [0.2, 0.25) is 5.91 Å². The summed E-state index contributed by atoms with van der Waals surface area (Å²) in [5.41, 5.74) is 0. The van der Waals surface area contributed by atoms with Gasteiger partial charge in [0.1, 0.15) is 6.04 Å². The standard InChI is InChI=1S/C9H15NO4S/c1-2-14-4-3-8(11)10-6-15-5-7(10)9(12)13/h7H,2-6H2,1H3,(H,12,13)/t7-/m0/s1. The van der Waals surface area contributed by atoms with Crippen LogP contribution in [0.25, 0.3) is 0 Å². The molecule has 5 nitrogen and oxygen atoms in total. The largest absolute Gasteiger partial charge is 0.480 e. The van der Waals surface area contributed by atoms with Crippen molar-refractivity contribution >= 4 is 23.6 Å². The van der Waals surface area contributed by atoms with Gasteiger partial charge in [0.05, 0.1) is 18.9 Å². The molecule has 0 saturated carbocycles. The Hall–Kier alpha value is -0.750. The molecule has 0 spiro atoms. The zero-order chi connectivity index (χ0) is 11.3. The van der Waals surface area contributed by atoms with E-state index in [1.807, 2.05) is 6.92 Å². The lowest BCUT2D eigenvalue weighted by Crippen LogP contribution is -2.42. The van der Waals surface area contributed by atoms with Crippen LogP contribution in [-0.4, -0.2) is 52.8 Å². The number of amides is 1. The van der Waals surface area contributed by atoms with Gasteiger partial charge in [-0.25, -0.2) is 4.79 Å². The summed E-state index contributed by atoms with van der Waals surface area (Å²) >= 11 is 1.47. The Labute approximate surface area is 92.8 Å². The van der Waals surface area contributed by atoms with Gasteiger partial charge in [0, 0.05) is 12.4 Å². The average molecular weight is 233 g/mol. The maximum atomic E-state index is 11.6. The summed E-state index contributed by atoms with van der Waals surface area (Å²) in [5, 5.41) is 8.87. The van der Waals surface area contributed by atoms with Gasteiger partial charge in [-0.15, -0.1) is 11.8 Å². The molecule has 6 heteroatoms. The topological polar surface area (TPSA) is 66.8 Å². The molecule has 86 valence electrons. The first-order valence-electron chi connectivity index (χ1n) is 4.84. The van der Waals surface area contributed by atoms with Gasteiger partial charge in [-0.3, -0.25) is 4.79 Å². The zero-order valence-corrected chi connectivity index (χ0v) is 9.46. The fourth-order valence-corrected chi connectivity index (χ4v) is 2.51. The minimum Gasteiger partial charge on any atom is -0.480 e. The normalized spacial score (nSPS) is 20.6. The third kappa shape index (κ3) is 3.39. The van der Waals surface area contributed by atoms with E-state index in [0.717, 1.165) is 0 Å². The smallest absolute Gasteiger partial charge is 0.327 e. The molecule has 15 heavy (non-hydrogen) atoms. The van der Waals surface area contributed by atoms with Gasteiger partial charge < -0.3 is 14.7 Å². The summed E-state index contributed by atoms with van der Waals surface area (Å²) in [5.74, 6) is -0.108. The molecule has 1 rings (SSSR count). The number of hydrogen-bond donors (Lipinski definition) is 1. The Kier molecular flexibility index (Phi) is 4.90. The molecule has 1 saturated heterocycles. The van der Waals surface area contributed by atoms with Crippen molar-refractivity contribution in [3.63, 3.8) is 0 Å². The van der Waals surface area contributed by atoms with Crippen molar-refractivity contribution in [3.05, 3.63) is 0 Å². The van der Waals surface area contributed by atoms with Crippen LogP contribution in [0, 0.1) is 0 Å². The number of ether oxygens (including phenoxy) is 1. The van der Waals surface area contributed by atoms with E-state index in [4.69, 9.17) is 9.84 Å². The van der Waals surface area contributed by atoms with Gasteiger partial charge in [-0.05, 0) is 6.92 Å². The maximum absolute atomic E-state index is 11.6. The number of rotatable bonds is 5. The maximum Gasteiger partial charge on any atom is 0.327 e. The highest BCUT2D eigenvalue weighted by Crippen LogP contribution is 2.21.